The fourth-order valence-corrected chi connectivity index (χ4v) is 2.57. The molecule has 3 N–H and O–H groups in total. The number of urea groups is 1. The Morgan fingerprint density at radius 1 is 1.00 bits per heavy atom. The number of aromatic nitrogens is 1. The van der Waals surface area contributed by atoms with Crippen LogP contribution in [0.25, 0.3) is 11.3 Å². The highest BCUT2D eigenvalue weighted by molar-refractivity contribution is 6.30. The van der Waals surface area contributed by atoms with Gasteiger partial charge in [-0.1, -0.05) is 11.6 Å². The van der Waals surface area contributed by atoms with Crippen LogP contribution in [0, 0.1) is 0 Å². The Hall–Kier alpha value is -3.32. The van der Waals surface area contributed by atoms with Gasteiger partial charge in [0.05, 0.1) is 6.20 Å². The molecule has 3 aromatic rings. The van der Waals surface area contributed by atoms with E-state index >= 15 is 0 Å². The maximum absolute atomic E-state index is 12.1. The number of rotatable bonds is 6. The highest BCUT2D eigenvalue weighted by Gasteiger charge is 2.09. The van der Waals surface area contributed by atoms with E-state index in [9.17, 15) is 9.59 Å². The van der Waals surface area contributed by atoms with Crippen LogP contribution in [-0.2, 0) is 11.2 Å². The number of carbonyl (C=O) groups is 2. The third kappa shape index (κ3) is 5.34. The second-order valence-electron chi connectivity index (χ2n) is 5.95. The molecule has 2 aromatic carbocycles. The van der Waals surface area contributed by atoms with E-state index in [1.807, 2.05) is 12.1 Å². The number of amides is 3. The molecule has 1 heterocycles. The molecular formula is C20H19ClN4O3. The first-order valence-electron chi connectivity index (χ1n) is 8.63. The number of oxazole rings is 1. The average Bonchev–Trinajstić information content (AvgIpc) is 3.17. The van der Waals surface area contributed by atoms with Crippen molar-refractivity contribution in [3.63, 3.8) is 0 Å². The molecule has 0 aliphatic rings. The lowest BCUT2D eigenvalue weighted by Crippen LogP contribution is -2.24. The zero-order chi connectivity index (χ0) is 19.9. The van der Waals surface area contributed by atoms with Crippen molar-refractivity contribution in [2.75, 3.05) is 17.7 Å². The zero-order valence-corrected chi connectivity index (χ0v) is 15.9. The van der Waals surface area contributed by atoms with E-state index in [0.29, 0.717) is 34.5 Å². The first-order valence-corrected chi connectivity index (χ1v) is 9.00. The maximum atomic E-state index is 12.1. The third-order valence-corrected chi connectivity index (χ3v) is 4.15. The number of hydrogen-bond donors (Lipinski definition) is 3. The summed E-state index contributed by atoms with van der Waals surface area (Å²) < 4.78 is 5.69. The number of benzene rings is 2. The summed E-state index contributed by atoms with van der Waals surface area (Å²) in [4.78, 5) is 27.6. The Labute approximate surface area is 167 Å². The molecule has 3 rings (SSSR count). The molecule has 28 heavy (non-hydrogen) atoms. The molecule has 0 fully saturated rings. The normalized spacial score (nSPS) is 10.4. The molecule has 1 aromatic heterocycles. The lowest BCUT2D eigenvalue weighted by Gasteiger charge is -2.07. The summed E-state index contributed by atoms with van der Waals surface area (Å²) >= 11 is 5.88. The fraction of sp³-hybridized carbons (Fsp3) is 0.150. The van der Waals surface area contributed by atoms with Crippen molar-refractivity contribution in [3.8, 4) is 11.3 Å². The van der Waals surface area contributed by atoms with Crippen LogP contribution in [0.1, 0.15) is 12.3 Å². The maximum Gasteiger partial charge on any atom is 0.318 e. The van der Waals surface area contributed by atoms with Crippen LogP contribution < -0.4 is 16.0 Å². The molecule has 0 unspecified atom stereocenters. The Morgan fingerprint density at radius 2 is 1.64 bits per heavy atom. The Morgan fingerprint density at radius 3 is 2.29 bits per heavy atom. The predicted molar refractivity (Wildman–Crippen MR) is 108 cm³/mol. The number of halogens is 1. The van der Waals surface area contributed by atoms with Crippen molar-refractivity contribution >= 4 is 34.9 Å². The Kier molecular flexibility index (Phi) is 6.29. The van der Waals surface area contributed by atoms with Gasteiger partial charge in [0.2, 0.25) is 5.91 Å². The summed E-state index contributed by atoms with van der Waals surface area (Å²) in [5.41, 5.74) is 2.15. The Balaban J connectivity index is 1.50. The van der Waals surface area contributed by atoms with Crippen LogP contribution in [0.5, 0.6) is 0 Å². The van der Waals surface area contributed by atoms with Gasteiger partial charge in [0, 0.05) is 41.9 Å². The number of nitrogens with one attached hydrogen (secondary N) is 3. The van der Waals surface area contributed by atoms with Gasteiger partial charge in [0.15, 0.2) is 11.7 Å². The largest absolute Gasteiger partial charge is 0.441 e. The van der Waals surface area contributed by atoms with Gasteiger partial charge in [-0.3, -0.25) is 4.79 Å². The average molecular weight is 399 g/mol. The third-order valence-electron chi connectivity index (χ3n) is 3.90. The van der Waals surface area contributed by atoms with Gasteiger partial charge in [0.25, 0.3) is 0 Å². The minimum atomic E-state index is -0.305. The summed E-state index contributed by atoms with van der Waals surface area (Å²) in [5.74, 6) is 0.967. The van der Waals surface area contributed by atoms with Gasteiger partial charge in [-0.15, -0.1) is 0 Å². The summed E-state index contributed by atoms with van der Waals surface area (Å²) in [5, 5.41) is 8.56. The number of anilines is 2. The van der Waals surface area contributed by atoms with Crippen LogP contribution >= 0.6 is 11.6 Å². The van der Waals surface area contributed by atoms with Crippen molar-refractivity contribution in [1.82, 2.24) is 10.3 Å². The molecule has 0 saturated heterocycles. The summed E-state index contributed by atoms with van der Waals surface area (Å²) in [6.07, 6.45) is 2.25. The first-order chi connectivity index (χ1) is 13.5. The van der Waals surface area contributed by atoms with Gasteiger partial charge in [0.1, 0.15) is 0 Å². The molecular weight excluding hydrogens is 380 g/mol. The molecule has 0 atom stereocenters. The first kappa shape index (κ1) is 19.4. The van der Waals surface area contributed by atoms with Gasteiger partial charge >= 0.3 is 6.03 Å². The SMILES string of the molecule is CNC(=O)Nc1ccc(NC(=O)CCc2ncc(-c3ccc(Cl)cc3)o2)cc1. The van der Waals surface area contributed by atoms with Crippen molar-refractivity contribution in [2.45, 2.75) is 12.8 Å². The molecule has 0 saturated carbocycles. The van der Waals surface area contributed by atoms with E-state index in [-0.39, 0.29) is 18.4 Å². The van der Waals surface area contributed by atoms with Crippen LogP contribution in [0.3, 0.4) is 0 Å². The molecule has 3 amide bonds. The number of carbonyl (C=O) groups excluding carboxylic acids is 2. The predicted octanol–water partition coefficient (Wildman–Crippen LogP) is 4.32. The van der Waals surface area contributed by atoms with Crippen molar-refractivity contribution in [3.05, 3.63) is 65.6 Å². The van der Waals surface area contributed by atoms with E-state index < -0.39 is 0 Å². The van der Waals surface area contributed by atoms with Crippen molar-refractivity contribution < 1.29 is 14.0 Å². The van der Waals surface area contributed by atoms with Crippen LogP contribution in [-0.4, -0.2) is 24.0 Å². The lowest BCUT2D eigenvalue weighted by atomic mass is 10.2. The van der Waals surface area contributed by atoms with Gasteiger partial charge < -0.3 is 20.4 Å². The second kappa shape index (κ2) is 9.05. The van der Waals surface area contributed by atoms with E-state index in [1.165, 1.54) is 7.05 Å². The highest BCUT2D eigenvalue weighted by Crippen LogP contribution is 2.23. The van der Waals surface area contributed by atoms with E-state index in [1.54, 1.807) is 42.6 Å². The van der Waals surface area contributed by atoms with Gasteiger partial charge in [-0.05, 0) is 48.5 Å². The van der Waals surface area contributed by atoms with E-state index in [0.717, 1.165) is 5.56 Å². The molecule has 0 radical (unpaired) electrons. The van der Waals surface area contributed by atoms with Crippen molar-refractivity contribution in [1.29, 1.82) is 0 Å². The van der Waals surface area contributed by atoms with Gasteiger partial charge in [-0.2, -0.15) is 0 Å². The second-order valence-corrected chi connectivity index (χ2v) is 6.39. The van der Waals surface area contributed by atoms with Gasteiger partial charge in [-0.25, -0.2) is 9.78 Å². The fourth-order valence-electron chi connectivity index (χ4n) is 2.45. The summed E-state index contributed by atoms with van der Waals surface area (Å²) in [7, 11) is 1.54. The van der Waals surface area contributed by atoms with Crippen LogP contribution in [0.2, 0.25) is 5.02 Å². The topological polar surface area (TPSA) is 96.3 Å². The monoisotopic (exact) mass is 398 g/mol. The van der Waals surface area contributed by atoms with Crippen LogP contribution in [0.15, 0.2) is 59.1 Å². The molecule has 0 aliphatic heterocycles. The smallest absolute Gasteiger partial charge is 0.318 e. The standard InChI is InChI=1S/C20H19ClN4O3/c1-22-20(27)25-16-8-6-15(7-9-16)24-18(26)10-11-19-23-12-17(28-19)13-2-4-14(21)5-3-13/h2-9,12H,10-11H2,1H3,(H,24,26)(H2,22,25,27). The lowest BCUT2D eigenvalue weighted by molar-refractivity contribution is -0.116. The number of hydrogen-bond acceptors (Lipinski definition) is 4. The van der Waals surface area contributed by atoms with E-state index in [2.05, 4.69) is 20.9 Å². The molecule has 8 heteroatoms. The summed E-state index contributed by atoms with van der Waals surface area (Å²) in [6, 6.07) is 13.8. The quantitative estimate of drug-likeness (QED) is 0.576. The molecule has 0 aliphatic carbocycles. The molecule has 144 valence electrons. The minimum absolute atomic E-state index is 0.154. The summed E-state index contributed by atoms with van der Waals surface area (Å²) in [6.45, 7) is 0. The number of aryl methyl sites for hydroxylation is 1. The van der Waals surface area contributed by atoms with Crippen molar-refractivity contribution in [2.24, 2.45) is 0 Å². The number of nitrogens with zero attached hydrogens (tertiary/aromatic N) is 1. The zero-order valence-electron chi connectivity index (χ0n) is 15.2. The Bertz CT molecular complexity index is 952. The highest BCUT2D eigenvalue weighted by atomic mass is 35.5. The van der Waals surface area contributed by atoms with E-state index in [4.69, 9.17) is 16.0 Å². The van der Waals surface area contributed by atoms with Crippen LogP contribution in [0.4, 0.5) is 16.2 Å². The minimum Gasteiger partial charge on any atom is -0.441 e. The molecule has 0 bridgehead atoms. The molecule has 0 spiro atoms. The molecule has 7 nitrogen and oxygen atoms in total.